The fourth-order valence-electron chi connectivity index (χ4n) is 6.63. The summed E-state index contributed by atoms with van der Waals surface area (Å²) in [6.45, 7) is 21.2. The summed E-state index contributed by atoms with van der Waals surface area (Å²) in [6, 6.07) is 32.4. The third kappa shape index (κ3) is 4.73. The molecule has 3 heterocycles. The SMILES string of the molecule is C=C1C2=C(SC(c3ccccc3)S2)B2c3cc(C(C)(C)C)ccc3N(c3ccc(CC)cc3)c3cc(C(C)(C)C)cc1c32. The van der Waals surface area contributed by atoms with Crippen molar-refractivity contribution in [3.05, 3.63) is 129 Å². The Labute approximate surface area is 267 Å². The van der Waals surface area contributed by atoms with E-state index >= 15 is 0 Å². The molecule has 3 aliphatic rings. The first kappa shape index (κ1) is 28.7. The van der Waals surface area contributed by atoms with E-state index in [1.165, 1.54) is 71.1 Å². The van der Waals surface area contributed by atoms with E-state index in [4.69, 9.17) is 6.58 Å². The van der Waals surface area contributed by atoms with E-state index in [9.17, 15) is 0 Å². The molecule has 1 unspecified atom stereocenters. The molecule has 0 aromatic heterocycles. The minimum Gasteiger partial charge on any atom is -0.311 e. The second kappa shape index (κ2) is 10.2. The van der Waals surface area contributed by atoms with Gasteiger partial charge in [-0.15, -0.1) is 23.5 Å². The first-order valence-electron chi connectivity index (χ1n) is 15.5. The molecule has 0 aliphatic carbocycles. The van der Waals surface area contributed by atoms with Crippen molar-refractivity contribution < 1.29 is 0 Å². The Kier molecular flexibility index (Phi) is 6.83. The van der Waals surface area contributed by atoms with Crippen molar-refractivity contribution in [2.24, 2.45) is 0 Å². The topological polar surface area (TPSA) is 3.24 Å². The molecule has 0 spiro atoms. The Morgan fingerprint density at radius 2 is 1.47 bits per heavy atom. The minimum atomic E-state index is 0.00815. The predicted molar refractivity (Wildman–Crippen MR) is 193 cm³/mol. The average Bonchev–Trinajstić information content (AvgIpc) is 3.44. The highest BCUT2D eigenvalue weighted by molar-refractivity contribution is 8.24. The van der Waals surface area contributed by atoms with Gasteiger partial charge < -0.3 is 4.90 Å². The molecule has 0 saturated heterocycles. The number of benzene rings is 4. The van der Waals surface area contributed by atoms with Gasteiger partial charge in [0.15, 0.2) is 0 Å². The third-order valence-electron chi connectivity index (χ3n) is 9.22. The number of nitrogens with zero attached hydrogens (tertiary/aromatic N) is 1. The van der Waals surface area contributed by atoms with Crippen molar-refractivity contribution in [1.82, 2.24) is 0 Å². The molecule has 4 aromatic rings. The summed E-state index contributed by atoms with van der Waals surface area (Å²) in [5.74, 6) is 0. The van der Waals surface area contributed by atoms with Crippen LogP contribution < -0.4 is 15.8 Å². The van der Waals surface area contributed by atoms with Crippen molar-refractivity contribution in [2.75, 3.05) is 4.90 Å². The zero-order valence-electron chi connectivity index (χ0n) is 26.4. The number of thioether (sulfide) groups is 2. The van der Waals surface area contributed by atoms with E-state index in [0.29, 0.717) is 4.58 Å². The summed E-state index contributed by atoms with van der Waals surface area (Å²) < 4.78 is 0.330. The molecule has 0 N–H and O–H groups in total. The van der Waals surface area contributed by atoms with E-state index in [1.54, 1.807) is 0 Å². The standard InChI is InChI=1S/C39H40BNS2/c1-9-25-15-18-29(19-16-25)41-32-20-17-27(38(3,4)5)22-31(32)40-34-30(21-28(23-33(34)41)39(6,7)8)24(2)35-36(40)43-37(42-35)26-13-11-10-12-14-26/h10-23,37H,2,9H2,1,3-8H3. The van der Waals surface area contributed by atoms with Crippen LogP contribution in [-0.4, -0.2) is 6.71 Å². The van der Waals surface area contributed by atoms with Gasteiger partial charge in [0, 0.05) is 22.0 Å². The van der Waals surface area contributed by atoms with Gasteiger partial charge in [0.2, 0.25) is 0 Å². The first-order valence-corrected chi connectivity index (χ1v) is 17.3. The van der Waals surface area contributed by atoms with E-state index in [-0.39, 0.29) is 17.5 Å². The fraction of sp³-hybridized carbons (Fsp3) is 0.282. The van der Waals surface area contributed by atoms with Crippen LogP contribution in [0.25, 0.3) is 5.57 Å². The normalized spacial score (nSPS) is 17.7. The van der Waals surface area contributed by atoms with Gasteiger partial charge in [0.05, 0.1) is 4.58 Å². The predicted octanol–water partition coefficient (Wildman–Crippen LogP) is 10.2. The zero-order chi connectivity index (χ0) is 30.3. The van der Waals surface area contributed by atoms with Crippen LogP contribution in [0.4, 0.5) is 17.1 Å². The Morgan fingerprint density at radius 1 is 0.767 bits per heavy atom. The van der Waals surface area contributed by atoms with Crippen LogP contribution in [0.15, 0.2) is 101 Å². The Morgan fingerprint density at radius 3 is 2.12 bits per heavy atom. The number of aryl methyl sites for hydroxylation is 1. The largest absolute Gasteiger partial charge is 0.311 e. The van der Waals surface area contributed by atoms with Crippen LogP contribution in [0.2, 0.25) is 0 Å². The van der Waals surface area contributed by atoms with E-state index in [2.05, 4.69) is 138 Å². The molecule has 4 aromatic carbocycles. The van der Waals surface area contributed by atoms with Crippen LogP contribution in [0.3, 0.4) is 0 Å². The van der Waals surface area contributed by atoms with Gasteiger partial charge in [-0.3, -0.25) is 0 Å². The molecule has 4 heteroatoms. The number of allylic oxidation sites excluding steroid dienone is 1. The van der Waals surface area contributed by atoms with Crippen LogP contribution in [0.5, 0.6) is 0 Å². The molecule has 3 aliphatic heterocycles. The third-order valence-corrected chi connectivity index (χ3v) is 12.3. The molecule has 0 saturated carbocycles. The smallest absolute Gasteiger partial charge is 0.256 e. The van der Waals surface area contributed by atoms with Gasteiger partial charge in [-0.05, 0) is 90.6 Å². The summed E-state index contributed by atoms with van der Waals surface area (Å²) in [5, 5.41) is 0. The summed E-state index contributed by atoms with van der Waals surface area (Å²) >= 11 is 4.04. The quantitative estimate of drug-likeness (QED) is 0.216. The lowest BCUT2D eigenvalue weighted by Crippen LogP contribution is -2.54. The van der Waals surface area contributed by atoms with Crippen LogP contribution in [-0.2, 0) is 17.3 Å². The zero-order valence-corrected chi connectivity index (χ0v) is 28.0. The van der Waals surface area contributed by atoms with Gasteiger partial charge >= 0.3 is 0 Å². The van der Waals surface area contributed by atoms with E-state index < -0.39 is 0 Å². The molecule has 0 radical (unpaired) electrons. The van der Waals surface area contributed by atoms with Crippen molar-refractivity contribution in [1.29, 1.82) is 0 Å². The Bertz CT molecular complexity index is 1790. The molecule has 43 heavy (non-hydrogen) atoms. The van der Waals surface area contributed by atoms with E-state index in [0.717, 1.165) is 6.42 Å². The number of fused-ring (bicyclic) bond motifs is 3. The number of anilines is 3. The summed E-state index contributed by atoms with van der Waals surface area (Å²) in [6.07, 6.45) is 1.04. The summed E-state index contributed by atoms with van der Waals surface area (Å²) in [5.41, 5.74) is 14.7. The maximum Gasteiger partial charge on any atom is 0.256 e. The highest BCUT2D eigenvalue weighted by Crippen LogP contribution is 2.61. The lowest BCUT2D eigenvalue weighted by molar-refractivity contribution is 0.590. The second-order valence-corrected chi connectivity index (χ2v) is 16.7. The van der Waals surface area contributed by atoms with Crippen molar-refractivity contribution in [3.63, 3.8) is 0 Å². The molecular weight excluding hydrogens is 557 g/mol. The molecule has 1 nitrogen and oxygen atoms in total. The van der Waals surface area contributed by atoms with Crippen molar-refractivity contribution in [3.8, 4) is 0 Å². The molecule has 7 rings (SSSR count). The second-order valence-electron chi connectivity index (χ2n) is 14.2. The van der Waals surface area contributed by atoms with Gasteiger partial charge in [-0.1, -0.05) is 116 Å². The molecule has 216 valence electrons. The maximum atomic E-state index is 4.81. The van der Waals surface area contributed by atoms with Crippen LogP contribution in [0.1, 0.15) is 80.9 Å². The van der Waals surface area contributed by atoms with Crippen molar-refractivity contribution in [2.45, 2.75) is 70.3 Å². The minimum absolute atomic E-state index is 0.00815. The summed E-state index contributed by atoms with van der Waals surface area (Å²) in [4.78, 5) is 5.38. The van der Waals surface area contributed by atoms with Crippen LogP contribution >= 0.6 is 23.5 Å². The highest BCUT2D eigenvalue weighted by Gasteiger charge is 2.47. The van der Waals surface area contributed by atoms with Gasteiger partial charge in [-0.2, -0.15) is 0 Å². The average molecular weight is 598 g/mol. The molecule has 1 atom stereocenters. The Balaban J connectivity index is 1.51. The van der Waals surface area contributed by atoms with Gasteiger partial charge in [0.1, 0.15) is 0 Å². The summed E-state index contributed by atoms with van der Waals surface area (Å²) in [7, 11) is 0. The number of rotatable bonds is 3. The molecule has 0 fully saturated rings. The lowest BCUT2D eigenvalue weighted by Gasteiger charge is -2.42. The molecule has 0 amide bonds. The molecule has 0 bridgehead atoms. The number of hydrogen-bond donors (Lipinski definition) is 0. The monoisotopic (exact) mass is 597 g/mol. The first-order chi connectivity index (χ1) is 20.5. The van der Waals surface area contributed by atoms with Gasteiger partial charge in [-0.25, -0.2) is 0 Å². The van der Waals surface area contributed by atoms with Gasteiger partial charge in [0.25, 0.3) is 6.71 Å². The fourth-order valence-corrected chi connectivity index (χ4v) is 9.84. The lowest BCUT2D eigenvalue weighted by atomic mass is 9.35. The Hall–Kier alpha value is -3.08. The van der Waals surface area contributed by atoms with Crippen LogP contribution in [0, 0.1) is 0 Å². The molecular formula is C39H40BNS2. The highest BCUT2D eigenvalue weighted by atomic mass is 32.2. The maximum absolute atomic E-state index is 4.81. The van der Waals surface area contributed by atoms with Crippen molar-refractivity contribution >= 4 is 63.8 Å². The van der Waals surface area contributed by atoms with E-state index in [1.807, 2.05) is 23.5 Å². The number of hydrogen-bond acceptors (Lipinski definition) is 3.